The van der Waals surface area contributed by atoms with E-state index in [1.165, 1.54) is 0 Å². The van der Waals surface area contributed by atoms with Crippen LogP contribution in [0.5, 0.6) is 0 Å². The van der Waals surface area contributed by atoms with Gasteiger partial charge in [-0.15, -0.1) is 0 Å². The van der Waals surface area contributed by atoms with Crippen molar-refractivity contribution in [2.75, 3.05) is 6.54 Å². The van der Waals surface area contributed by atoms with Gasteiger partial charge < -0.3 is 9.73 Å². The summed E-state index contributed by atoms with van der Waals surface area (Å²) in [6, 6.07) is 7.62. The van der Waals surface area contributed by atoms with Crippen molar-refractivity contribution in [1.82, 2.24) is 10.3 Å². The SMILES string of the molecule is Cc1nc(C)c(C(=O)NC[C@@H](C)c2ccc(Cl)cc2)o1. The lowest BCUT2D eigenvalue weighted by Crippen LogP contribution is -2.27. The number of rotatable bonds is 4. The summed E-state index contributed by atoms with van der Waals surface area (Å²) in [4.78, 5) is 16.1. The molecule has 1 amide bonds. The maximum atomic E-state index is 12.0. The van der Waals surface area contributed by atoms with Gasteiger partial charge in [0.05, 0.1) is 5.69 Å². The molecule has 1 aromatic heterocycles. The average molecular weight is 293 g/mol. The molecule has 0 unspecified atom stereocenters. The topological polar surface area (TPSA) is 55.1 Å². The zero-order valence-electron chi connectivity index (χ0n) is 11.7. The molecule has 0 aliphatic rings. The monoisotopic (exact) mass is 292 g/mol. The van der Waals surface area contributed by atoms with Crippen LogP contribution in [0.2, 0.25) is 5.02 Å². The molecule has 0 aliphatic heterocycles. The van der Waals surface area contributed by atoms with Gasteiger partial charge in [-0.05, 0) is 30.5 Å². The van der Waals surface area contributed by atoms with Gasteiger partial charge in [-0.1, -0.05) is 30.7 Å². The molecule has 1 atom stereocenters. The summed E-state index contributed by atoms with van der Waals surface area (Å²) in [6.45, 7) is 6.05. The Morgan fingerprint density at radius 2 is 2.00 bits per heavy atom. The first kappa shape index (κ1) is 14.6. The van der Waals surface area contributed by atoms with Crippen molar-refractivity contribution in [3.63, 3.8) is 0 Å². The third kappa shape index (κ3) is 3.39. The van der Waals surface area contributed by atoms with E-state index < -0.39 is 0 Å². The number of nitrogens with one attached hydrogen (secondary N) is 1. The second-order valence-electron chi connectivity index (χ2n) is 4.81. The predicted molar refractivity (Wildman–Crippen MR) is 78.2 cm³/mol. The van der Waals surface area contributed by atoms with Crippen LogP contribution in [0.4, 0.5) is 0 Å². The van der Waals surface area contributed by atoms with Gasteiger partial charge in [0, 0.05) is 18.5 Å². The summed E-state index contributed by atoms with van der Waals surface area (Å²) >= 11 is 5.85. The fourth-order valence-corrected chi connectivity index (χ4v) is 2.10. The van der Waals surface area contributed by atoms with Crippen molar-refractivity contribution in [3.8, 4) is 0 Å². The fraction of sp³-hybridized carbons (Fsp3) is 0.333. The highest BCUT2D eigenvalue weighted by atomic mass is 35.5. The number of carbonyl (C=O) groups is 1. The standard InChI is InChI=1S/C15H17ClN2O2/c1-9(12-4-6-13(16)7-5-12)8-17-15(19)14-10(2)18-11(3)20-14/h4-7,9H,8H2,1-3H3,(H,17,19)/t9-/m1/s1. The molecule has 5 heteroatoms. The molecule has 20 heavy (non-hydrogen) atoms. The van der Waals surface area contributed by atoms with Gasteiger partial charge in [-0.25, -0.2) is 4.98 Å². The van der Waals surface area contributed by atoms with Gasteiger partial charge in [0.15, 0.2) is 5.89 Å². The Balaban J connectivity index is 1.96. The number of nitrogens with zero attached hydrogens (tertiary/aromatic N) is 1. The molecule has 0 spiro atoms. The molecule has 0 radical (unpaired) electrons. The Hall–Kier alpha value is -1.81. The van der Waals surface area contributed by atoms with E-state index in [0.29, 0.717) is 23.2 Å². The number of aromatic nitrogens is 1. The number of amides is 1. The maximum absolute atomic E-state index is 12.0. The summed E-state index contributed by atoms with van der Waals surface area (Å²) in [5.74, 6) is 0.744. The van der Waals surface area contributed by atoms with Crippen LogP contribution in [-0.2, 0) is 0 Å². The Bertz CT molecular complexity index is 605. The van der Waals surface area contributed by atoms with Crippen molar-refractivity contribution in [2.45, 2.75) is 26.7 Å². The minimum absolute atomic E-state index is 0.195. The third-order valence-electron chi connectivity index (χ3n) is 3.12. The number of hydrogen-bond acceptors (Lipinski definition) is 3. The molecule has 0 bridgehead atoms. The van der Waals surface area contributed by atoms with E-state index in [9.17, 15) is 4.79 Å². The minimum Gasteiger partial charge on any atom is -0.436 e. The molecule has 2 rings (SSSR count). The second kappa shape index (κ2) is 6.09. The highest BCUT2D eigenvalue weighted by molar-refractivity contribution is 6.30. The van der Waals surface area contributed by atoms with Crippen LogP contribution < -0.4 is 5.32 Å². The van der Waals surface area contributed by atoms with E-state index >= 15 is 0 Å². The smallest absolute Gasteiger partial charge is 0.289 e. The van der Waals surface area contributed by atoms with Crippen LogP contribution in [0.3, 0.4) is 0 Å². The zero-order chi connectivity index (χ0) is 14.7. The number of hydrogen-bond donors (Lipinski definition) is 1. The number of benzene rings is 1. The summed E-state index contributed by atoms with van der Waals surface area (Å²) in [5, 5.41) is 3.57. The van der Waals surface area contributed by atoms with E-state index in [4.69, 9.17) is 16.0 Å². The maximum Gasteiger partial charge on any atom is 0.289 e. The molecule has 106 valence electrons. The largest absolute Gasteiger partial charge is 0.436 e. The number of carbonyl (C=O) groups excluding carboxylic acids is 1. The average Bonchev–Trinajstić information content (AvgIpc) is 2.75. The summed E-state index contributed by atoms with van der Waals surface area (Å²) in [7, 11) is 0. The lowest BCUT2D eigenvalue weighted by atomic mass is 10.0. The van der Waals surface area contributed by atoms with Crippen LogP contribution in [0.1, 0.15) is 40.5 Å². The van der Waals surface area contributed by atoms with Gasteiger partial charge in [0.2, 0.25) is 5.76 Å². The van der Waals surface area contributed by atoms with Crippen LogP contribution in [-0.4, -0.2) is 17.4 Å². The summed E-state index contributed by atoms with van der Waals surface area (Å²) in [6.07, 6.45) is 0. The fourth-order valence-electron chi connectivity index (χ4n) is 1.98. The van der Waals surface area contributed by atoms with Crippen molar-refractivity contribution in [3.05, 3.63) is 52.2 Å². The Labute approximate surface area is 123 Å². The zero-order valence-corrected chi connectivity index (χ0v) is 12.5. The van der Waals surface area contributed by atoms with Crippen LogP contribution in [0, 0.1) is 13.8 Å². The second-order valence-corrected chi connectivity index (χ2v) is 5.25. The quantitative estimate of drug-likeness (QED) is 0.938. The van der Waals surface area contributed by atoms with E-state index in [-0.39, 0.29) is 17.6 Å². The molecule has 0 aliphatic carbocycles. The number of aryl methyl sites for hydroxylation is 2. The first-order chi connectivity index (χ1) is 9.47. The van der Waals surface area contributed by atoms with Crippen LogP contribution in [0.15, 0.2) is 28.7 Å². The predicted octanol–water partition coefficient (Wildman–Crippen LogP) is 3.48. The molecular weight excluding hydrogens is 276 g/mol. The Morgan fingerprint density at radius 1 is 1.35 bits per heavy atom. The van der Waals surface area contributed by atoms with Gasteiger partial charge >= 0.3 is 0 Å². The van der Waals surface area contributed by atoms with Crippen molar-refractivity contribution in [2.24, 2.45) is 0 Å². The normalized spacial score (nSPS) is 12.2. The van der Waals surface area contributed by atoms with Gasteiger partial charge in [-0.2, -0.15) is 0 Å². The van der Waals surface area contributed by atoms with E-state index in [1.54, 1.807) is 13.8 Å². The molecule has 1 N–H and O–H groups in total. The van der Waals surface area contributed by atoms with Crippen molar-refractivity contribution >= 4 is 17.5 Å². The molecule has 1 aromatic carbocycles. The molecule has 4 nitrogen and oxygen atoms in total. The highest BCUT2D eigenvalue weighted by Gasteiger charge is 2.16. The summed E-state index contributed by atoms with van der Waals surface area (Å²) in [5.41, 5.74) is 1.74. The van der Waals surface area contributed by atoms with Crippen molar-refractivity contribution < 1.29 is 9.21 Å². The first-order valence-electron chi connectivity index (χ1n) is 6.45. The van der Waals surface area contributed by atoms with E-state index in [0.717, 1.165) is 5.56 Å². The van der Waals surface area contributed by atoms with Crippen LogP contribution in [0.25, 0.3) is 0 Å². The molecule has 0 fully saturated rings. The lowest BCUT2D eigenvalue weighted by Gasteiger charge is -2.12. The van der Waals surface area contributed by atoms with Gasteiger partial charge in [-0.3, -0.25) is 4.79 Å². The van der Waals surface area contributed by atoms with E-state index in [1.807, 2.05) is 31.2 Å². The molecule has 0 saturated heterocycles. The van der Waals surface area contributed by atoms with Crippen molar-refractivity contribution in [1.29, 1.82) is 0 Å². The minimum atomic E-state index is -0.232. The lowest BCUT2D eigenvalue weighted by molar-refractivity contribution is 0.0922. The van der Waals surface area contributed by atoms with Crippen LogP contribution >= 0.6 is 11.6 Å². The number of halogens is 1. The summed E-state index contributed by atoms with van der Waals surface area (Å²) < 4.78 is 5.29. The third-order valence-corrected chi connectivity index (χ3v) is 3.37. The first-order valence-corrected chi connectivity index (χ1v) is 6.83. The molecular formula is C15H17ClN2O2. The van der Waals surface area contributed by atoms with Gasteiger partial charge in [0.1, 0.15) is 0 Å². The Kier molecular flexibility index (Phi) is 4.45. The highest BCUT2D eigenvalue weighted by Crippen LogP contribution is 2.17. The molecule has 2 aromatic rings. The van der Waals surface area contributed by atoms with E-state index in [2.05, 4.69) is 10.3 Å². The number of oxazole rings is 1. The molecule has 1 heterocycles. The molecule has 0 saturated carbocycles. The Morgan fingerprint density at radius 3 is 2.55 bits per heavy atom. The van der Waals surface area contributed by atoms with Gasteiger partial charge in [0.25, 0.3) is 5.91 Å².